The van der Waals surface area contributed by atoms with Gasteiger partial charge in [-0.3, -0.25) is 4.79 Å². The molecule has 88 valence electrons. The molecule has 0 aromatic heterocycles. The van der Waals surface area contributed by atoms with E-state index in [1.54, 1.807) is 24.3 Å². The Kier molecular flexibility index (Phi) is 3.86. The van der Waals surface area contributed by atoms with E-state index in [0.29, 0.717) is 11.3 Å². The number of anilines is 1. The summed E-state index contributed by atoms with van der Waals surface area (Å²) in [6.07, 6.45) is 0. The van der Waals surface area contributed by atoms with Gasteiger partial charge >= 0.3 is 5.97 Å². The quantitative estimate of drug-likeness (QED) is 0.620. The van der Waals surface area contributed by atoms with Crippen molar-refractivity contribution in [3.8, 4) is 0 Å². The minimum Gasteiger partial charge on any atom is -0.480 e. The molecule has 0 heterocycles. The Balaban J connectivity index is 2.65. The fourth-order valence-corrected chi connectivity index (χ4v) is 1.90. The molecule has 1 rings (SSSR count). The first kappa shape index (κ1) is 12.5. The largest absolute Gasteiger partial charge is 0.480 e. The molecule has 0 aliphatic rings. The second-order valence-electron chi connectivity index (χ2n) is 3.17. The number of benzene rings is 1. The van der Waals surface area contributed by atoms with Gasteiger partial charge in [0, 0.05) is 12.2 Å². The van der Waals surface area contributed by atoms with Crippen LogP contribution in [0.15, 0.2) is 24.3 Å². The van der Waals surface area contributed by atoms with Gasteiger partial charge in [0.2, 0.25) is 10.0 Å². The van der Waals surface area contributed by atoms with Crippen LogP contribution >= 0.6 is 0 Å². The Bertz CT molecular complexity index is 484. The van der Waals surface area contributed by atoms with E-state index in [0.717, 1.165) is 0 Å². The summed E-state index contributed by atoms with van der Waals surface area (Å²) in [5.74, 6) is -2.34. The highest BCUT2D eigenvalue weighted by Gasteiger charge is 2.15. The third-order valence-corrected chi connectivity index (χ3v) is 3.06. The zero-order valence-corrected chi connectivity index (χ0v) is 9.20. The summed E-state index contributed by atoms with van der Waals surface area (Å²) in [5.41, 5.74) is 6.67. The Labute approximate surface area is 93.1 Å². The lowest BCUT2D eigenvalue weighted by Gasteiger charge is -2.06. The SMILES string of the molecule is Nc1ccccc1CNS(=O)(=O)CC(=O)O. The summed E-state index contributed by atoms with van der Waals surface area (Å²) in [6, 6.07) is 6.75. The van der Waals surface area contributed by atoms with Crippen LogP contribution in [0.2, 0.25) is 0 Å². The summed E-state index contributed by atoms with van der Waals surface area (Å²) in [5, 5.41) is 8.36. The van der Waals surface area contributed by atoms with Crippen LogP contribution in [-0.2, 0) is 21.4 Å². The molecule has 0 bridgehead atoms. The van der Waals surface area contributed by atoms with Gasteiger partial charge in [0.05, 0.1) is 0 Å². The molecule has 0 spiro atoms. The van der Waals surface area contributed by atoms with E-state index in [1.807, 2.05) is 0 Å². The van der Waals surface area contributed by atoms with Gasteiger partial charge in [0.1, 0.15) is 0 Å². The van der Waals surface area contributed by atoms with Gasteiger partial charge in [-0.15, -0.1) is 0 Å². The van der Waals surface area contributed by atoms with E-state index in [9.17, 15) is 13.2 Å². The van der Waals surface area contributed by atoms with E-state index in [2.05, 4.69) is 4.72 Å². The van der Waals surface area contributed by atoms with Gasteiger partial charge in [-0.2, -0.15) is 0 Å². The fraction of sp³-hybridized carbons (Fsp3) is 0.222. The molecule has 0 aliphatic carbocycles. The van der Waals surface area contributed by atoms with Crippen LogP contribution in [0.25, 0.3) is 0 Å². The van der Waals surface area contributed by atoms with Crippen LogP contribution in [0.5, 0.6) is 0 Å². The molecular weight excluding hydrogens is 232 g/mol. The summed E-state index contributed by atoms with van der Waals surface area (Å²) < 4.78 is 24.5. The van der Waals surface area contributed by atoms with Crippen molar-refractivity contribution >= 4 is 21.7 Å². The zero-order chi connectivity index (χ0) is 12.2. The number of carbonyl (C=O) groups is 1. The molecule has 6 nitrogen and oxygen atoms in total. The lowest BCUT2D eigenvalue weighted by atomic mass is 10.2. The monoisotopic (exact) mass is 244 g/mol. The van der Waals surface area contributed by atoms with Crippen LogP contribution in [0.1, 0.15) is 5.56 Å². The van der Waals surface area contributed by atoms with Crippen LogP contribution in [0, 0.1) is 0 Å². The molecule has 7 heteroatoms. The lowest BCUT2D eigenvalue weighted by molar-refractivity contribution is -0.134. The molecule has 4 N–H and O–H groups in total. The predicted octanol–water partition coefficient (Wildman–Crippen LogP) is -0.227. The highest BCUT2D eigenvalue weighted by atomic mass is 32.2. The second-order valence-corrected chi connectivity index (χ2v) is 4.98. The summed E-state index contributed by atoms with van der Waals surface area (Å²) in [6.45, 7) is -0.0116. The number of hydrogen-bond acceptors (Lipinski definition) is 4. The topological polar surface area (TPSA) is 109 Å². The molecule has 0 saturated heterocycles. The molecule has 16 heavy (non-hydrogen) atoms. The number of carboxylic acids is 1. The van der Waals surface area contributed by atoms with Gasteiger partial charge in [0.25, 0.3) is 0 Å². The second kappa shape index (κ2) is 4.95. The summed E-state index contributed by atoms with van der Waals surface area (Å²) >= 11 is 0. The normalized spacial score (nSPS) is 11.2. The Morgan fingerprint density at radius 2 is 2.00 bits per heavy atom. The Morgan fingerprint density at radius 3 is 2.56 bits per heavy atom. The van der Waals surface area contributed by atoms with Gasteiger partial charge in [-0.25, -0.2) is 13.1 Å². The molecular formula is C9H12N2O4S. The van der Waals surface area contributed by atoms with Crippen LogP contribution in [-0.4, -0.2) is 25.2 Å². The first-order valence-electron chi connectivity index (χ1n) is 4.43. The average Bonchev–Trinajstić information content (AvgIpc) is 2.14. The van der Waals surface area contributed by atoms with Crippen molar-refractivity contribution in [2.75, 3.05) is 11.5 Å². The molecule has 0 atom stereocenters. The number of carboxylic acid groups (broad SMARTS) is 1. The van der Waals surface area contributed by atoms with E-state index >= 15 is 0 Å². The van der Waals surface area contributed by atoms with Crippen molar-refractivity contribution in [1.82, 2.24) is 4.72 Å². The number of hydrogen-bond donors (Lipinski definition) is 3. The van der Waals surface area contributed by atoms with Crippen LogP contribution in [0.3, 0.4) is 0 Å². The van der Waals surface area contributed by atoms with E-state index in [-0.39, 0.29) is 6.54 Å². The lowest BCUT2D eigenvalue weighted by Crippen LogP contribution is -2.29. The molecule has 0 saturated carbocycles. The van der Waals surface area contributed by atoms with Crippen molar-refractivity contribution in [3.63, 3.8) is 0 Å². The predicted molar refractivity (Wildman–Crippen MR) is 59.1 cm³/mol. The van der Waals surface area contributed by atoms with Crippen LogP contribution in [0.4, 0.5) is 5.69 Å². The fourth-order valence-electron chi connectivity index (χ4n) is 1.10. The molecule has 0 unspecified atom stereocenters. The number of sulfonamides is 1. The maximum absolute atomic E-state index is 11.2. The van der Waals surface area contributed by atoms with Gasteiger partial charge in [-0.05, 0) is 11.6 Å². The van der Waals surface area contributed by atoms with E-state index in [1.165, 1.54) is 0 Å². The van der Waals surface area contributed by atoms with Crippen molar-refractivity contribution in [3.05, 3.63) is 29.8 Å². The maximum atomic E-state index is 11.2. The highest BCUT2D eigenvalue weighted by molar-refractivity contribution is 7.90. The Hall–Kier alpha value is -1.60. The van der Waals surface area contributed by atoms with Crippen molar-refractivity contribution in [2.24, 2.45) is 0 Å². The molecule has 0 fully saturated rings. The molecule has 0 amide bonds. The van der Waals surface area contributed by atoms with Crippen molar-refractivity contribution in [2.45, 2.75) is 6.54 Å². The maximum Gasteiger partial charge on any atom is 0.320 e. The third-order valence-electron chi connectivity index (χ3n) is 1.85. The van der Waals surface area contributed by atoms with E-state index < -0.39 is 21.7 Å². The van der Waals surface area contributed by atoms with Crippen molar-refractivity contribution < 1.29 is 18.3 Å². The molecule has 1 aromatic rings. The molecule has 0 radical (unpaired) electrons. The Morgan fingerprint density at radius 1 is 1.38 bits per heavy atom. The average molecular weight is 244 g/mol. The summed E-state index contributed by atoms with van der Waals surface area (Å²) in [7, 11) is -3.80. The van der Waals surface area contributed by atoms with Crippen LogP contribution < -0.4 is 10.5 Å². The number of para-hydroxylation sites is 1. The highest BCUT2D eigenvalue weighted by Crippen LogP contribution is 2.09. The van der Waals surface area contributed by atoms with Crippen molar-refractivity contribution in [1.29, 1.82) is 0 Å². The van der Waals surface area contributed by atoms with Gasteiger partial charge in [0.15, 0.2) is 5.75 Å². The first-order chi connectivity index (χ1) is 7.41. The third kappa shape index (κ3) is 3.87. The minimum atomic E-state index is -3.80. The number of nitrogen functional groups attached to an aromatic ring is 1. The minimum absolute atomic E-state index is 0.0116. The number of nitrogens with two attached hydrogens (primary N) is 1. The standard InChI is InChI=1S/C9H12N2O4S/c10-8-4-2-1-3-7(8)5-11-16(14,15)6-9(12)13/h1-4,11H,5-6,10H2,(H,12,13). The van der Waals surface area contributed by atoms with E-state index in [4.69, 9.17) is 10.8 Å². The van der Waals surface area contributed by atoms with Gasteiger partial charge < -0.3 is 10.8 Å². The van der Waals surface area contributed by atoms with Gasteiger partial charge in [-0.1, -0.05) is 18.2 Å². The zero-order valence-electron chi connectivity index (χ0n) is 8.38. The number of aliphatic carboxylic acids is 1. The number of rotatable bonds is 5. The first-order valence-corrected chi connectivity index (χ1v) is 6.08. The number of nitrogens with one attached hydrogen (secondary N) is 1. The molecule has 0 aliphatic heterocycles. The summed E-state index contributed by atoms with van der Waals surface area (Å²) in [4.78, 5) is 10.2. The smallest absolute Gasteiger partial charge is 0.320 e. The molecule has 1 aromatic carbocycles.